The summed E-state index contributed by atoms with van der Waals surface area (Å²) >= 11 is 1.88. The highest BCUT2D eigenvalue weighted by molar-refractivity contribution is 7.10. The van der Waals surface area contributed by atoms with Crippen LogP contribution >= 0.6 is 11.3 Å². The minimum absolute atomic E-state index is 0.551. The van der Waals surface area contributed by atoms with Crippen LogP contribution in [0.5, 0.6) is 0 Å². The molecule has 2 unspecified atom stereocenters. The van der Waals surface area contributed by atoms with Crippen LogP contribution in [0, 0.1) is 0 Å². The second-order valence-corrected chi connectivity index (χ2v) is 6.34. The summed E-state index contributed by atoms with van der Waals surface area (Å²) < 4.78 is 0. The van der Waals surface area contributed by atoms with Crippen molar-refractivity contribution in [3.8, 4) is 0 Å². The van der Waals surface area contributed by atoms with Gasteiger partial charge in [-0.25, -0.2) is 0 Å². The first-order valence-corrected chi connectivity index (χ1v) is 7.71. The fourth-order valence-corrected chi connectivity index (χ4v) is 3.59. The zero-order valence-corrected chi connectivity index (χ0v) is 12.5. The number of piperazine rings is 1. The number of nitrogens with zero attached hydrogens (tertiary/aromatic N) is 2. The second kappa shape index (κ2) is 6.66. The lowest BCUT2D eigenvalue weighted by molar-refractivity contribution is 0.145. The minimum Gasteiger partial charge on any atom is -0.314 e. The van der Waals surface area contributed by atoms with Gasteiger partial charge in [0.05, 0.1) is 0 Å². The lowest BCUT2D eigenvalue weighted by Gasteiger charge is -2.36. The van der Waals surface area contributed by atoms with Crippen molar-refractivity contribution in [2.75, 3.05) is 40.3 Å². The van der Waals surface area contributed by atoms with Gasteiger partial charge in [0.2, 0.25) is 0 Å². The smallest absolute Gasteiger partial charge is 0.0450 e. The molecule has 1 aliphatic rings. The van der Waals surface area contributed by atoms with Gasteiger partial charge >= 0.3 is 0 Å². The zero-order chi connectivity index (χ0) is 13.0. The summed E-state index contributed by atoms with van der Waals surface area (Å²) in [5.74, 6) is 0. The number of hydrogen-bond acceptors (Lipinski definition) is 4. The quantitative estimate of drug-likeness (QED) is 0.881. The highest BCUT2D eigenvalue weighted by Gasteiger charge is 2.23. The predicted molar refractivity (Wildman–Crippen MR) is 79.3 cm³/mol. The number of nitrogens with one attached hydrogen (secondary N) is 1. The van der Waals surface area contributed by atoms with Gasteiger partial charge in [-0.1, -0.05) is 6.07 Å². The highest BCUT2D eigenvalue weighted by Crippen LogP contribution is 2.28. The first kappa shape index (κ1) is 14.0. The average Bonchev–Trinajstić information content (AvgIpc) is 2.90. The maximum Gasteiger partial charge on any atom is 0.0450 e. The molecular formula is C14H25N3S. The van der Waals surface area contributed by atoms with Crippen LogP contribution in [0.2, 0.25) is 0 Å². The molecule has 2 rings (SSSR count). The van der Waals surface area contributed by atoms with Crippen LogP contribution in [0.3, 0.4) is 0 Å². The monoisotopic (exact) mass is 267 g/mol. The van der Waals surface area contributed by atoms with Gasteiger partial charge < -0.3 is 10.2 Å². The first-order valence-electron chi connectivity index (χ1n) is 6.83. The van der Waals surface area contributed by atoms with Crippen LogP contribution in [-0.4, -0.2) is 56.1 Å². The largest absolute Gasteiger partial charge is 0.314 e. The van der Waals surface area contributed by atoms with Crippen molar-refractivity contribution < 1.29 is 0 Å². The summed E-state index contributed by atoms with van der Waals surface area (Å²) in [6, 6.07) is 5.63. The molecule has 1 N–H and O–H groups in total. The van der Waals surface area contributed by atoms with Crippen molar-refractivity contribution in [2.24, 2.45) is 0 Å². The van der Waals surface area contributed by atoms with Gasteiger partial charge in [-0.2, -0.15) is 0 Å². The molecule has 102 valence electrons. The third-order valence-electron chi connectivity index (χ3n) is 3.83. The Bertz CT molecular complexity index is 331. The van der Waals surface area contributed by atoms with Gasteiger partial charge in [0.25, 0.3) is 0 Å². The third kappa shape index (κ3) is 3.54. The van der Waals surface area contributed by atoms with Gasteiger partial charge in [-0.15, -0.1) is 11.3 Å². The molecule has 1 aromatic rings. The molecule has 0 spiro atoms. The van der Waals surface area contributed by atoms with Gasteiger partial charge in [0.1, 0.15) is 0 Å². The summed E-state index contributed by atoms with van der Waals surface area (Å²) in [5, 5.41) is 5.61. The van der Waals surface area contributed by atoms with Gasteiger partial charge in [0, 0.05) is 43.1 Å². The van der Waals surface area contributed by atoms with E-state index in [-0.39, 0.29) is 0 Å². The Balaban J connectivity index is 1.96. The Hall–Kier alpha value is -0.420. The van der Waals surface area contributed by atoms with E-state index in [2.05, 4.69) is 53.6 Å². The molecule has 2 atom stereocenters. The minimum atomic E-state index is 0.551. The Morgan fingerprint density at radius 1 is 1.39 bits per heavy atom. The second-order valence-electron chi connectivity index (χ2n) is 5.37. The van der Waals surface area contributed by atoms with E-state index in [1.165, 1.54) is 24.4 Å². The molecule has 18 heavy (non-hydrogen) atoms. The van der Waals surface area contributed by atoms with Crippen molar-refractivity contribution in [3.05, 3.63) is 22.4 Å². The summed E-state index contributed by atoms with van der Waals surface area (Å²) in [6.07, 6.45) is 1.22. The Labute approximate surface area is 115 Å². The maximum absolute atomic E-state index is 3.42. The average molecular weight is 267 g/mol. The molecule has 0 aliphatic carbocycles. The van der Waals surface area contributed by atoms with Gasteiger partial charge in [-0.05, 0) is 38.9 Å². The Morgan fingerprint density at radius 3 is 2.67 bits per heavy atom. The molecule has 1 fully saturated rings. The van der Waals surface area contributed by atoms with Crippen molar-refractivity contribution in [1.29, 1.82) is 0 Å². The lowest BCUT2D eigenvalue weighted by atomic mass is 10.0. The van der Waals surface area contributed by atoms with E-state index in [9.17, 15) is 0 Å². The predicted octanol–water partition coefficient (Wildman–Crippen LogP) is 2.03. The summed E-state index contributed by atoms with van der Waals surface area (Å²) in [4.78, 5) is 6.45. The van der Waals surface area contributed by atoms with Crippen LogP contribution in [-0.2, 0) is 0 Å². The van der Waals surface area contributed by atoms with E-state index in [0.29, 0.717) is 12.1 Å². The number of thiophene rings is 1. The van der Waals surface area contributed by atoms with E-state index in [0.717, 1.165) is 13.1 Å². The molecule has 0 saturated carbocycles. The van der Waals surface area contributed by atoms with Gasteiger partial charge in [-0.3, -0.25) is 4.90 Å². The van der Waals surface area contributed by atoms with E-state index >= 15 is 0 Å². The maximum atomic E-state index is 3.42. The van der Waals surface area contributed by atoms with Crippen molar-refractivity contribution in [2.45, 2.75) is 25.4 Å². The van der Waals surface area contributed by atoms with E-state index in [1.54, 1.807) is 0 Å². The van der Waals surface area contributed by atoms with Crippen molar-refractivity contribution >= 4 is 11.3 Å². The van der Waals surface area contributed by atoms with Gasteiger partial charge in [0.15, 0.2) is 0 Å². The molecule has 0 bridgehead atoms. The highest BCUT2D eigenvalue weighted by atomic mass is 32.1. The topological polar surface area (TPSA) is 18.5 Å². The molecule has 1 aromatic heterocycles. The molecular weight excluding hydrogens is 242 g/mol. The Kier molecular flexibility index (Phi) is 5.18. The molecule has 2 heterocycles. The van der Waals surface area contributed by atoms with Crippen LogP contribution in [0.1, 0.15) is 24.3 Å². The van der Waals surface area contributed by atoms with Crippen molar-refractivity contribution in [3.63, 3.8) is 0 Å². The summed E-state index contributed by atoms with van der Waals surface area (Å²) in [5.41, 5.74) is 0. The molecule has 4 heteroatoms. The first-order chi connectivity index (χ1) is 8.68. The molecule has 0 radical (unpaired) electrons. The molecule has 0 aromatic carbocycles. The lowest BCUT2D eigenvalue weighted by Crippen LogP contribution is -2.48. The zero-order valence-electron chi connectivity index (χ0n) is 11.7. The Morgan fingerprint density at radius 2 is 2.11 bits per heavy atom. The van der Waals surface area contributed by atoms with E-state index < -0.39 is 0 Å². The molecule has 3 nitrogen and oxygen atoms in total. The summed E-state index contributed by atoms with van der Waals surface area (Å²) in [6.45, 7) is 7.01. The third-order valence-corrected chi connectivity index (χ3v) is 4.81. The van der Waals surface area contributed by atoms with E-state index in [1.807, 2.05) is 11.3 Å². The standard InChI is InChI=1S/C14H25N3S/c1-12(17-8-6-15-7-9-17)11-13(16(2)3)14-5-4-10-18-14/h4-5,10,12-13,15H,6-9,11H2,1-3H3. The van der Waals surface area contributed by atoms with E-state index in [4.69, 9.17) is 0 Å². The fraction of sp³-hybridized carbons (Fsp3) is 0.714. The van der Waals surface area contributed by atoms with Crippen LogP contribution in [0.15, 0.2) is 17.5 Å². The molecule has 0 amide bonds. The van der Waals surface area contributed by atoms with Crippen LogP contribution in [0.4, 0.5) is 0 Å². The molecule has 1 saturated heterocycles. The molecule has 1 aliphatic heterocycles. The summed E-state index contributed by atoms with van der Waals surface area (Å²) in [7, 11) is 4.38. The normalized spacial score (nSPS) is 21.1. The number of hydrogen-bond donors (Lipinski definition) is 1. The number of rotatable bonds is 5. The SMILES string of the molecule is CC(CC(c1cccs1)N(C)C)N1CCNCC1. The van der Waals surface area contributed by atoms with Crippen LogP contribution < -0.4 is 5.32 Å². The van der Waals surface area contributed by atoms with Crippen LogP contribution in [0.25, 0.3) is 0 Å². The van der Waals surface area contributed by atoms with Crippen molar-refractivity contribution in [1.82, 2.24) is 15.1 Å². The fourth-order valence-electron chi connectivity index (χ4n) is 2.66.